The molecule has 2 fully saturated rings. The minimum absolute atomic E-state index is 0.153. The van der Waals surface area contributed by atoms with Crippen molar-refractivity contribution in [1.29, 1.82) is 0 Å². The first-order chi connectivity index (χ1) is 8.83. The largest absolute Gasteiger partial charge is 0.368 e. The highest BCUT2D eigenvalue weighted by Gasteiger charge is 2.51. The minimum Gasteiger partial charge on any atom is -0.368 e. The van der Waals surface area contributed by atoms with Crippen molar-refractivity contribution in [1.82, 2.24) is 5.32 Å². The van der Waals surface area contributed by atoms with Crippen molar-refractivity contribution < 1.29 is 13.2 Å². The van der Waals surface area contributed by atoms with E-state index in [0.717, 1.165) is 25.7 Å². The van der Waals surface area contributed by atoms with E-state index in [1.54, 1.807) is 0 Å². The number of hydrogen-bond donors (Lipinski definition) is 2. The summed E-state index contributed by atoms with van der Waals surface area (Å²) in [7, 11) is -2.93. The molecular formula is C12H22N2O3S2. The Kier molecular flexibility index (Phi) is 4.47. The average Bonchev–Trinajstić information content (AvgIpc) is 3.12. The highest BCUT2D eigenvalue weighted by molar-refractivity contribution is 8.00. The van der Waals surface area contributed by atoms with Crippen LogP contribution in [0.15, 0.2) is 0 Å². The zero-order valence-electron chi connectivity index (χ0n) is 11.2. The molecule has 2 aliphatic carbocycles. The van der Waals surface area contributed by atoms with E-state index >= 15 is 0 Å². The lowest BCUT2D eigenvalue weighted by Crippen LogP contribution is -2.60. The van der Waals surface area contributed by atoms with Crippen molar-refractivity contribution >= 4 is 27.5 Å². The molecule has 19 heavy (non-hydrogen) atoms. The van der Waals surface area contributed by atoms with Gasteiger partial charge >= 0.3 is 0 Å². The number of primary amides is 1. The average molecular weight is 306 g/mol. The smallest absolute Gasteiger partial charge is 0.238 e. The SMILES string of the molecule is CS(=O)(=O)CCSCC(NC1CC1)(C(N)=O)C1CC1. The topological polar surface area (TPSA) is 89.3 Å². The van der Waals surface area contributed by atoms with Gasteiger partial charge in [-0.3, -0.25) is 10.1 Å². The quantitative estimate of drug-likeness (QED) is 0.592. The van der Waals surface area contributed by atoms with E-state index in [1.165, 1.54) is 18.0 Å². The van der Waals surface area contributed by atoms with Crippen LogP contribution in [-0.4, -0.2) is 49.4 Å². The maximum atomic E-state index is 11.9. The fraction of sp³-hybridized carbons (Fsp3) is 0.917. The molecule has 0 aromatic heterocycles. The van der Waals surface area contributed by atoms with E-state index in [1.807, 2.05) is 0 Å². The molecule has 2 rings (SSSR count). The first-order valence-corrected chi connectivity index (χ1v) is 9.88. The van der Waals surface area contributed by atoms with E-state index in [-0.39, 0.29) is 11.7 Å². The molecule has 0 aliphatic heterocycles. The van der Waals surface area contributed by atoms with Crippen LogP contribution in [0, 0.1) is 5.92 Å². The van der Waals surface area contributed by atoms with Crippen LogP contribution >= 0.6 is 11.8 Å². The van der Waals surface area contributed by atoms with Crippen molar-refractivity contribution in [2.24, 2.45) is 11.7 Å². The lowest BCUT2D eigenvalue weighted by molar-refractivity contribution is -0.124. The van der Waals surface area contributed by atoms with Gasteiger partial charge < -0.3 is 5.73 Å². The summed E-state index contributed by atoms with van der Waals surface area (Å²) in [5, 5.41) is 3.42. The summed E-state index contributed by atoms with van der Waals surface area (Å²) in [5.41, 5.74) is 5.00. The number of sulfone groups is 1. The summed E-state index contributed by atoms with van der Waals surface area (Å²) < 4.78 is 22.2. The van der Waals surface area contributed by atoms with Gasteiger partial charge in [0.25, 0.3) is 0 Å². The molecule has 2 aliphatic rings. The highest BCUT2D eigenvalue weighted by Crippen LogP contribution is 2.43. The van der Waals surface area contributed by atoms with Crippen LogP contribution in [0.4, 0.5) is 0 Å². The molecule has 1 atom stereocenters. The van der Waals surface area contributed by atoms with Gasteiger partial charge in [-0.05, 0) is 31.6 Å². The first kappa shape index (κ1) is 15.1. The van der Waals surface area contributed by atoms with Crippen LogP contribution in [0.1, 0.15) is 25.7 Å². The molecule has 0 aromatic carbocycles. The Morgan fingerprint density at radius 3 is 2.42 bits per heavy atom. The summed E-state index contributed by atoms with van der Waals surface area (Å²) >= 11 is 1.51. The minimum atomic E-state index is -2.93. The number of carbonyl (C=O) groups is 1. The van der Waals surface area contributed by atoms with Crippen LogP contribution in [0.25, 0.3) is 0 Å². The third-order valence-electron chi connectivity index (χ3n) is 3.68. The standard InChI is InChI=1S/C12H22N2O3S2/c1-19(16,17)7-6-18-8-12(11(13)15,9-2-3-9)14-10-4-5-10/h9-10,14H,2-8H2,1H3,(H2,13,15). The molecular weight excluding hydrogens is 284 g/mol. The predicted octanol–water partition coefficient (Wildman–Crippen LogP) is 0.150. The summed E-state index contributed by atoms with van der Waals surface area (Å²) in [6.07, 6.45) is 5.52. The van der Waals surface area contributed by atoms with Crippen LogP contribution in [0.5, 0.6) is 0 Å². The van der Waals surface area contributed by atoms with Crippen LogP contribution in [0.2, 0.25) is 0 Å². The van der Waals surface area contributed by atoms with Gasteiger partial charge in [0.1, 0.15) is 15.4 Å². The van der Waals surface area contributed by atoms with Gasteiger partial charge in [0, 0.05) is 23.8 Å². The van der Waals surface area contributed by atoms with Crippen LogP contribution < -0.4 is 11.1 Å². The van der Waals surface area contributed by atoms with Crippen molar-refractivity contribution in [3.05, 3.63) is 0 Å². The second-order valence-corrected chi connectivity index (χ2v) is 9.08. The fourth-order valence-corrected chi connectivity index (χ4v) is 4.84. The Morgan fingerprint density at radius 2 is 2.00 bits per heavy atom. The van der Waals surface area contributed by atoms with E-state index in [4.69, 9.17) is 5.73 Å². The molecule has 0 spiro atoms. The number of carbonyl (C=O) groups excluding carboxylic acids is 1. The van der Waals surface area contributed by atoms with Crippen LogP contribution in [-0.2, 0) is 14.6 Å². The van der Waals surface area contributed by atoms with E-state index < -0.39 is 15.4 Å². The molecule has 2 saturated carbocycles. The Morgan fingerprint density at radius 1 is 1.37 bits per heavy atom. The number of nitrogens with two attached hydrogens (primary N) is 1. The summed E-state index contributed by atoms with van der Waals surface area (Å²) in [5.74, 6) is 1.30. The summed E-state index contributed by atoms with van der Waals surface area (Å²) in [6.45, 7) is 0. The van der Waals surface area contributed by atoms with Gasteiger partial charge in [0.05, 0.1) is 5.75 Å². The maximum absolute atomic E-state index is 11.9. The normalized spacial score (nSPS) is 23.0. The molecule has 7 heteroatoms. The second-order valence-electron chi connectivity index (χ2n) is 5.71. The van der Waals surface area contributed by atoms with Gasteiger partial charge in [-0.15, -0.1) is 0 Å². The summed E-state index contributed by atoms with van der Waals surface area (Å²) in [6, 6.07) is 0.420. The molecule has 0 bridgehead atoms. The van der Waals surface area contributed by atoms with Crippen molar-refractivity contribution in [2.75, 3.05) is 23.5 Å². The monoisotopic (exact) mass is 306 g/mol. The zero-order valence-corrected chi connectivity index (χ0v) is 12.9. The van der Waals surface area contributed by atoms with Gasteiger partial charge in [0.15, 0.2) is 0 Å². The van der Waals surface area contributed by atoms with Gasteiger partial charge in [-0.25, -0.2) is 8.42 Å². The van der Waals surface area contributed by atoms with Crippen molar-refractivity contribution in [2.45, 2.75) is 37.3 Å². The number of rotatable bonds is 9. The van der Waals surface area contributed by atoms with Crippen molar-refractivity contribution in [3.8, 4) is 0 Å². The molecule has 1 unspecified atom stereocenters. The van der Waals surface area contributed by atoms with Crippen LogP contribution in [0.3, 0.4) is 0 Å². The molecule has 3 N–H and O–H groups in total. The second kappa shape index (κ2) is 5.61. The Balaban J connectivity index is 1.91. The third kappa shape index (κ3) is 4.36. The molecule has 110 valence electrons. The molecule has 0 radical (unpaired) electrons. The lowest BCUT2D eigenvalue weighted by atomic mass is 9.94. The fourth-order valence-electron chi connectivity index (χ4n) is 2.23. The number of hydrogen-bond acceptors (Lipinski definition) is 5. The number of thioether (sulfide) groups is 1. The van der Waals surface area contributed by atoms with Gasteiger partial charge in [0.2, 0.25) is 5.91 Å². The Hall–Kier alpha value is -0.270. The molecule has 0 heterocycles. The van der Waals surface area contributed by atoms with E-state index in [0.29, 0.717) is 23.5 Å². The lowest BCUT2D eigenvalue weighted by Gasteiger charge is -2.32. The zero-order chi connectivity index (χ0) is 14.1. The molecule has 0 saturated heterocycles. The molecule has 1 amide bonds. The number of amides is 1. The number of nitrogens with one attached hydrogen (secondary N) is 1. The first-order valence-electron chi connectivity index (χ1n) is 6.66. The third-order valence-corrected chi connectivity index (χ3v) is 6.04. The van der Waals surface area contributed by atoms with E-state index in [2.05, 4.69) is 5.32 Å². The van der Waals surface area contributed by atoms with E-state index in [9.17, 15) is 13.2 Å². The summed E-state index contributed by atoms with van der Waals surface area (Å²) in [4.78, 5) is 11.9. The highest BCUT2D eigenvalue weighted by atomic mass is 32.2. The Bertz CT molecular complexity index is 444. The predicted molar refractivity (Wildman–Crippen MR) is 77.8 cm³/mol. The molecule has 0 aromatic rings. The van der Waals surface area contributed by atoms with Crippen molar-refractivity contribution in [3.63, 3.8) is 0 Å². The van der Waals surface area contributed by atoms with Gasteiger partial charge in [-0.1, -0.05) is 0 Å². The molecule has 5 nitrogen and oxygen atoms in total. The Labute approximate surface area is 119 Å². The maximum Gasteiger partial charge on any atom is 0.238 e. The van der Waals surface area contributed by atoms with Gasteiger partial charge in [-0.2, -0.15) is 11.8 Å².